The minimum absolute atomic E-state index is 0. The van der Waals surface area contributed by atoms with Crippen LogP contribution < -0.4 is 24.8 Å². The minimum atomic E-state index is -0.558. The Labute approximate surface area is 141 Å². The fraction of sp³-hybridized carbons (Fsp3) is 0.500. The van der Waals surface area contributed by atoms with Crippen LogP contribution in [-0.4, -0.2) is 0 Å². The average Bonchev–Trinajstić information content (AvgIpc) is 2.73. The second kappa shape index (κ2) is 6.92. The molecule has 2 aliphatic rings. The maximum atomic E-state index is 2.41. The van der Waals surface area contributed by atoms with Gasteiger partial charge in [0.15, 0.2) is 0 Å². The van der Waals surface area contributed by atoms with E-state index in [0.29, 0.717) is 5.41 Å². The van der Waals surface area contributed by atoms with Gasteiger partial charge in [-0.25, -0.2) is 0 Å². The summed E-state index contributed by atoms with van der Waals surface area (Å²) in [6.07, 6.45) is 5.86. The normalized spacial score (nSPS) is 20.5. The number of halogens is 2. The Morgan fingerprint density at radius 2 is 1.58 bits per heavy atom. The van der Waals surface area contributed by atoms with Crippen LogP contribution in [0.1, 0.15) is 48.0 Å². The first-order chi connectivity index (χ1) is 7.85. The molecule has 0 saturated heterocycles. The van der Waals surface area contributed by atoms with E-state index in [4.69, 9.17) is 0 Å². The zero-order chi connectivity index (χ0) is 12.8. The molecule has 0 radical (unpaired) electrons. The van der Waals surface area contributed by atoms with Gasteiger partial charge in [0, 0.05) is 0 Å². The van der Waals surface area contributed by atoms with Crippen molar-refractivity contribution < 1.29 is 48.0 Å². The zero-order valence-corrected chi connectivity index (χ0v) is 16.6. The van der Waals surface area contributed by atoms with Crippen LogP contribution in [0.4, 0.5) is 0 Å². The third-order valence-electron chi connectivity index (χ3n) is 4.50. The molecular formula is C16H22Cl2Zr. The second-order valence-electron chi connectivity index (χ2n) is 5.77. The first-order valence-corrected chi connectivity index (χ1v) is 8.84. The molecule has 0 unspecified atom stereocenters. The van der Waals surface area contributed by atoms with Crippen molar-refractivity contribution in [1.82, 2.24) is 0 Å². The Bertz CT molecular complexity index is 491. The van der Waals surface area contributed by atoms with Crippen molar-refractivity contribution in [2.75, 3.05) is 0 Å². The molecule has 0 bridgehead atoms. The van der Waals surface area contributed by atoms with E-state index in [1.54, 1.807) is 28.9 Å². The SMILES string of the molecule is CC1=[C]([Zr+2][C]2=C(C)C(C)=C(C)C2(C)C)CC=C1.[Cl-].[Cl-]. The Morgan fingerprint density at radius 1 is 1.00 bits per heavy atom. The number of hydrogen-bond acceptors (Lipinski definition) is 0. The fourth-order valence-electron chi connectivity index (χ4n) is 2.76. The van der Waals surface area contributed by atoms with Crippen molar-refractivity contribution in [2.24, 2.45) is 5.41 Å². The second-order valence-corrected chi connectivity index (χ2v) is 9.10. The van der Waals surface area contributed by atoms with Crippen molar-refractivity contribution in [3.05, 3.63) is 41.0 Å². The fourth-order valence-corrected chi connectivity index (χ4v) is 6.88. The van der Waals surface area contributed by atoms with Crippen LogP contribution in [0.2, 0.25) is 0 Å². The molecule has 19 heavy (non-hydrogen) atoms. The van der Waals surface area contributed by atoms with Crippen LogP contribution in [0.25, 0.3) is 0 Å². The van der Waals surface area contributed by atoms with E-state index in [-0.39, 0.29) is 24.8 Å². The van der Waals surface area contributed by atoms with Crippen LogP contribution in [0, 0.1) is 5.41 Å². The molecule has 0 aliphatic heterocycles. The van der Waals surface area contributed by atoms with Crippen LogP contribution in [0.3, 0.4) is 0 Å². The largest absolute Gasteiger partial charge is 1.00 e. The molecule has 0 atom stereocenters. The maximum Gasteiger partial charge on any atom is -1.00 e. The molecule has 3 heteroatoms. The summed E-state index contributed by atoms with van der Waals surface area (Å²) in [4.78, 5) is 0. The molecule has 2 rings (SSSR count). The van der Waals surface area contributed by atoms with E-state index in [1.165, 1.54) is 6.42 Å². The van der Waals surface area contributed by atoms with Gasteiger partial charge in [-0.3, -0.25) is 0 Å². The van der Waals surface area contributed by atoms with Gasteiger partial charge in [-0.05, 0) is 0 Å². The van der Waals surface area contributed by atoms with Crippen molar-refractivity contribution in [1.29, 1.82) is 0 Å². The minimum Gasteiger partial charge on any atom is -1.00 e. The van der Waals surface area contributed by atoms with Gasteiger partial charge in [0.05, 0.1) is 0 Å². The van der Waals surface area contributed by atoms with E-state index in [1.807, 2.05) is 0 Å². The Kier molecular flexibility index (Phi) is 7.08. The standard InChI is InChI=1S/C10H15.C6H7.2ClH.Zr/c1-7-6-10(4,5)9(3)8(7)2;1-6-4-2-3-5-6;;;/h1-5H3;2,4H,3H2,1H3;2*1H;/q;;;;+2/p-2. The van der Waals surface area contributed by atoms with E-state index < -0.39 is 23.2 Å². The molecule has 0 aromatic rings. The van der Waals surface area contributed by atoms with Gasteiger partial charge in [-0.15, -0.1) is 0 Å². The molecule has 0 aromatic heterocycles. The molecule has 0 amide bonds. The van der Waals surface area contributed by atoms with E-state index >= 15 is 0 Å². The Hall–Kier alpha value is 0.423. The van der Waals surface area contributed by atoms with Gasteiger partial charge >= 0.3 is 118 Å². The van der Waals surface area contributed by atoms with Crippen molar-refractivity contribution in [3.63, 3.8) is 0 Å². The third kappa shape index (κ3) is 3.37. The molecule has 0 heterocycles. The summed E-state index contributed by atoms with van der Waals surface area (Å²) < 4.78 is 3.58. The van der Waals surface area contributed by atoms with E-state index in [9.17, 15) is 0 Å². The van der Waals surface area contributed by atoms with Crippen molar-refractivity contribution in [2.45, 2.75) is 48.0 Å². The summed E-state index contributed by atoms with van der Waals surface area (Å²) in [5.74, 6) is 0. The van der Waals surface area contributed by atoms with Crippen molar-refractivity contribution >= 4 is 0 Å². The molecule has 104 valence electrons. The van der Waals surface area contributed by atoms with Gasteiger partial charge in [-0.1, -0.05) is 0 Å². The molecular weight excluding hydrogens is 354 g/mol. The summed E-state index contributed by atoms with van der Waals surface area (Å²) in [5, 5.41) is 0. The summed E-state index contributed by atoms with van der Waals surface area (Å²) in [6, 6.07) is 0. The summed E-state index contributed by atoms with van der Waals surface area (Å²) in [5.41, 5.74) is 6.63. The number of hydrogen-bond donors (Lipinski definition) is 0. The smallest absolute Gasteiger partial charge is 1.00 e. The van der Waals surface area contributed by atoms with Crippen LogP contribution in [-0.2, 0) is 23.2 Å². The maximum absolute atomic E-state index is 2.41. The first kappa shape index (κ1) is 19.4. The van der Waals surface area contributed by atoms with Crippen LogP contribution in [0.15, 0.2) is 41.0 Å². The molecule has 0 aromatic carbocycles. The van der Waals surface area contributed by atoms with Gasteiger partial charge in [0.25, 0.3) is 0 Å². The third-order valence-corrected chi connectivity index (χ3v) is 9.79. The summed E-state index contributed by atoms with van der Waals surface area (Å²) in [7, 11) is 0. The van der Waals surface area contributed by atoms with Crippen molar-refractivity contribution in [3.8, 4) is 0 Å². The Balaban J connectivity index is 0.00000162. The average molecular weight is 376 g/mol. The van der Waals surface area contributed by atoms with Crippen LogP contribution in [0.5, 0.6) is 0 Å². The molecule has 0 saturated carbocycles. The van der Waals surface area contributed by atoms with Gasteiger partial charge in [0.1, 0.15) is 0 Å². The molecule has 0 nitrogen and oxygen atoms in total. The van der Waals surface area contributed by atoms with E-state index in [2.05, 4.69) is 53.7 Å². The summed E-state index contributed by atoms with van der Waals surface area (Å²) >= 11 is -0.558. The van der Waals surface area contributed by atoms with Gasteiger partial charge in [0.2, 0.25) is 0 Å². The van der Waals surface area contributed by atoms with Gasteiger partial charge in [-0.2, -0.15) is 0 Å². The molecule has 2 aliphatic carbocycles. The number of allylic oxidation sites excluding steroid dienone is 8. The predicted octanol–water partition coefficient (Wildman–Crippen LogP) is -1.04. The van der Waals surface area contributed by atoms with Gasteiger partial charge < -0.3 is 24.8 Å². The quantitative estimate of drug-likeness (QED) is 0.578. The topological polar surface area (TPSA) is 0 Å². The molecule has 0 N–H and O–H groups in total. The van der Waals surface area contributed by atoms with E-state index in [0.717, 1.165) is 0 Å². The summed E-state index contributed by atoms with van der Waals surface area (Å²) in [6.45, 7) is 14.1. The monoisotopic (exact) mass is 374 g/mol. The number of rotatable bonds is 2. The molecule has 0 spiro atoms. The Morgan fingerprint density at radius 3 is 1.95 bits per heavy atom. The van der Waals surface area contributed by atoms with Crippen LogP contribution >= 0.6 is 0 Å². The first-order valence-electron chi connectivity index (χ1n) is 6.38. The molecule has 0 fully saturated rings. The predicted molar refractivity (Wildman–Crippen MR) is 71.3 cm³/mol. The zero-order valence-electron chi connectivity index (χ0n) is 12.6.